The highest BCUT2D eigenvalue weighted by Crippen LogP contribution is 2.16. The minimum Gasteiger partial charge on any atom is -0.382 e. The summed E-state index contributed by atoms with van der Waals surface area (Å²) in [6, 6.07) is 0.314. The zero-order valence-corrected chi connectivity index (χ0v) is 11.4. The third-order valence-electron chi connectivity index (χ3n) is 3.09. The Morgan fingerprint density at radius 2 is 2.44 bits per heavy atom. The fraction of sp³-hybridized carbons (Fsp3) is 0.917. The molecule has 0 amide bonds. The van der Waals surface area contributed by atoms with Crippen LogP contribution in [-0.4, -0.2) is 45.0 Å². The Morgan fingerprint density at radius 1 is 1.61 bits per heavy atom. The molecule has 4 N–H and O–H groups in total. The van der Waals surface area contributed by atoms with Crippen molar-refractivity contribution in [3.63, 3.8) is 0 Å². The van der Waals surface area contributed by atoms with Gasteiger partial charge >= 0.3 is 0 Å². The van der Waals surface area contributed by atoms with Crippen molar-refractivity contribution in [3.05, 3.63) is 0 Å². The average molecular weight is 258 g/mol. The van der Waals surface area contributed by atoms with E-state index in [1.165, 1.54) is 0 Å². The molecule has 0 bridgehead atoms. The molecule has 2 unspecified atom stereocenters. The Bertz CT molecular complexity index is 242. The normalized spacial score (nSPS) is 21.9. The van der Waals surface area contributed by atoms with Crippen LogP contribution in [0, 0.1) is 5.92 Å². The summed E-state index contributed by atoms with van der Waals surface area (Å²) in [5.41, 5.74) is 2.60. The fourth-order valence-corrected chi connectivity index (χ4v) is 1.92. The van der Waals surface area contributed by atoms with Gasteiger partial charge in [0.1, 0.15) is 0 Å². The Hall–Kier alpha value is -0.850. The van der Waals surface area contributed by atoms with Crippen molar-refractivity contribution in [1.82, 2.24) is 10.7 Å². The van der Waals surface area contributed by atoms with Gasteiger partial charge in [-0.3, -0.25) is 10.4 Å². The topological polar surface area (TPSA) is 80.9 Å². The summed E-state index contributed by atoms with van der Waals surface area (Å²) >= 11 is 0. The number of nitrogens with two attached hydrogens (primary N) is 1. The van der Waals surface area contributed by atoms with E-state index in [2.05, 4.69) is 22.7 Å². The van der Waals surface area contributed by atoms with Gasteiger partial charge in [-0.25, -0.2) is 5.84 Å². The minimum atomic E-state index is 0.314. The number of nitrogens with one attached hydrogen (secondary N) is 2. The summed E-state index contributed by atoms with van der Waals surface area (Å²) in [6.45, 7) is 7.99. The second kappa shape index (κ2) is 9.13. The molecule has 1 rings (SSSR count). The molecule has 0 aromatic heterocycles. The van der Waals surface area contributed by atoms with Crippen LogP contribution in [0.2, 0.25) is 0 Å². The van der Waals surface area contributed by atoms with E-state index in [0.29, 0.717) is 24.5 Å². The lowest BCUT2D eigenvalue weighted by atomic mass is 10.0. The van der Waals surface area contributed by atoms with E-state index < -0.39 is 0 Å². The Kier molecular flexibility index (Phi) is 7.71. The molecular weight excluding hydrogens is 232 g/mol. The first-order valence-electron chi connectivity index (χ1n) is 6.71. The maximum absolute atomic E-state index is 5.45. The molecule has 0 aromatic rings. The predicted molar refractivity (Wildman–Crippen MR) is 72.3 cm³/mol. The molecule has 2 atom stereocenters. The van der Waals surface area contributed by atoms with Gasteiger partial charge in [-0.2, -0.15) is 0 Å². The highest BCUT2D eigenvalue weighted by molar-refractivity contribution is 5.79. The van der Waals surface area contributed by atoms with Crippen LogP contribution in [0.15, 0.2) is 4.99 Å². The van der Waals surface area contributed by atoms with Gasteiger partial charge in [-0.05, 0) is 26.7 Å². The van der Waals surface area contributed by atoms with Crippen LogP contribution in [0.25, 0.3) is 0 Å². The van der Waals surface area contributed by atoms with E-state index in [4.69, 9.17) is 15.3 Å². The molecule has 0 spiro atoms. The van der Waals surface area contributed by atoms with Gasteiger partial charge in [0.25, 0.3) is 0 Å². The highest BCUT2D eigenvalue weighted by Gasteiger charge is 2.22. The molecule has 6 heteroatoms. The maximum atomic E-state index is 5.45. The zero-order chi connectivity index (χ0) is 13.2. The second-order valence-corrected chi connectivity index (χ2v) is 4.48. The average Bonchev–Trinajstić information content (AvgIpc) is 2.91. The number of guanidine groups is 1. The third kappa shape index (κ3) is 5.66. The van der Waals surface area contributed by atoms with Gasteiger partial charge in [0, 0.05) is 38.3 Å². The van der Waals surface area contributed by atoms with Crippen LogP contribution in [0.3, 0.4) is 0 Å². The van der Waals surface area contributed by atoms with Crippen LogP contribution < -0.4 is 16.6 Å². The molecule has 18 heavy (non-hydrogen) atoms. The first-order valence-corrected chi connectivity index (χ1v) is 6.71. The molecule has 0 aromatic carbocycles. The quantitative estimate of drug-likeness (QED) is 0.200. The summed E-state index contributed by atoms with van der Waals surface area (Å²) in [4.78, 5) is 4.37. The number of hydrogen-bond donors (Lipinski definition) is 3. The van der Waals surface area contributed by atoms with Crippen molar-refractivity contribution in [1.29, 1.82) is 0 Å². The van der Waals surface area contributed by atoms with Crippen molar-refractivity contribution < 1.29 is 9.47 Å². The maximum Gasteiger partial charge on any atom is 0.205 e. The van der Waals surface area contributed by atoms with Crippen molar-refractivity contribution in [2.45, 2.75) is 32.7 Å². The standard InChI is InChI=1S/C12H26N4O2/c1-3-17-7-4-6-14-12(16-13)15-10(2)11-5-8-18-9-11/h10-11H,3-9,13H2,1-2H3,(H2,14,15,16). The predicted octanol–water partition coefficient (Wildman–Crippen LogP) is 0.247. The molecule has 0 saturated carbocycles. The lowest BCUT2D eigenvalue weighted by molar-refractivity contribution is 0.146. The summed E-state index contributed by atoms with van der Waals surface area (Å²) in [7, 11) is 0. The first kappa shape index (κ1) is 15.2. The van der Waals surface area contributed by atoms with Gasteiger partial charge in [0.15, 0.2) is 0 Å². The Labute approximate surface area is 109 Å². The molecule has 0 aliphatic carbocycles. The lowest BCUT2D eigenvalue weighted by Gasteiger charge is -2.21. The van der Waals surface area contributed by atoms with Crippen LogP contribution in [0.1, 0.15) is 26.7 Å². The van der Waals surface area contributed by atoms with E-state index >= 15 is 0 Å². The molecule has 1 heterocycles. The number of hydrogen-bond acceptors (Lipinski definition) is 4. The molecule has 1 saturated heterocycles. The van der Waals surface area contributed by atoms with E-state index in [0.717, 1.165) is 39.3 Å². The summed E-state index contributed by atoms with van der Waals surface area (Å²) in [5.74, 6) is 6.63. The first-order chi connectivity index (χ1) is 8.77. The van der Waals surface area contributed by atoms with Crippen molar-refractivity contribution >= 4 is 5.96 Å². The second-order valence-electron chi connectivity index (χ2n) is 4.48. The highest BCUT2D eigenvalue weighted by atomic mass is 16.5. The van der Waals surface area contributed by atoms with Gasteiger partial charge in [-0.1, -0.05) is 0 Å². The molecular formula is C12H26N4O2. The number of aliphatic imine (C=N–C) groups is 1. The van der Waals surface area contributed by atoms with Crippen LogP contribution in [-0.2, 0) is 9.47 Å². The van der Waals surface area contributed by atoms with E-state index in [1.54, 1.807) is 0 Å². The van der Waals surface area contributed by atoms with Gasteiger partial charge in [-0.15, -0.1) is 0 Å². The van der Waals surface area contributed by atoms with Crippen LogP contribution in [0.5, 0.6) is 0 Å². The molecule has 0 radical (unpaired) electrons. The Balaban J connectivity index is 2.24. The van der Waals surface area contributed by atoms with E-state index in [9.17, 15) is 0 Å². The van der Waals surface area contributed by atoms with Crippen LogP contribution in [0.4, 0.5) is 0 Å². The lowest BCUT2D eigenvalue weighted by Crippen LogP contribution is -2.48. The zero-order valence-electron chi connectivity index (χ0n) is 11.4. The third-order valence-corrected chi connectivity index (χ3v) is 3.09. The molecule has 1 aliphatic rings. The fourth-order valence-electron chi connectivity index (χ4n) is 1.92. The number of hydrazine groups is 1. The van der Waals surface area contributed by atoms with Crippen LogP contribution >= 0.6 is 0 Å². The smallest absolute Gasteiger partial charge is 0.205 e. The van der Waals surface area contributed by atoms with Gasteiger partial charge in [0.2, 0.25) is 5.96 Å². The van der Waals surface area contributed by atoms with Gasteiger partial charge < -0.3 is 14.8 Å². The SMILES string of the molecule is CCOCCCN=C(NN)NC(C)C1CCOC1. The van der Waals surface area contributed by atoms with E-state index in [-0.39, 0.29) is 0 Å². The number of rotatable bonds is 7. The van der Waals surface area contributed by atoms with Crippen molar-refractivity contribution in [2.24, 2.45) is 16.8 Å². The largest absolute Gasteiger partial charge is 0.382 e. The van der Waals surface area contributed by atoms with E-state index in [1.807, 2.05) is 6.92 Å². The molecule has 6 nitrogen and oxygen atoms in total. The number of ether oxygens (including phenoxy) is 2. The Morgan fingerprint density at radius 3 is 3.06 bits per heavy atom. The molecule has 106 valence electrons. The summed E-state index contributed by atoms with van der Waals surface area (Å²) in [6.07, 6.45) is 2.00. The van der Waals surface area contributed by atoms with Gasteiger partial charge in [0.05, 0.1) is 6.61 Å². The molecule has 1 fully saturated rings. The van der Waals surface area contributed by atoms with Crippen molar-refractivity contribution in [3.8, 4) is 0 Å². The summed E-state index contributed by atoms with van der Waals surface area (Å²) in [5, 5.41) is 3.29. The monoisotopic (exact) mass is 258 g/mol. The molecule has 1 aliphatic heterocycles. The minimum absolute atomic E-state index is 0.314. The number of nitrogens with zero attached hydrogens (tertiary/aromatic N) is 1. The summed E-state index contributed by atoms with van der Waals surface area (Å²) < 4.78 is 10.6. The van der Waals surface area contributed by atoms with Crippen molar-refractivity contribution in [2.75, 3.05) is 33.0 Å².